The van der Waals surface area contributed by atoms with Crippen molar-refractivity contribution in [2.45, 2.75) is 24.9 Å². The van der Waals surface area contributed by atoms with Gasteiger partial charge in [-0.15, -0.1) is 0 Å². The Kier molecular flexibility index (Phi) is 32.3. The maximum absolute atomic E-state index is 10.5. The number of carboxylic acids is 4. The normalized spacial score (nSPS) is 11.2. The number of carbonyl (C=O) groups is 4. The molecule has 0 rings (SSSR count). The summed E-state index contributed by atoms with van der Waals surface area (Å²) in [5.41, 5.74) is 0. The van der Waals surface area contributed by atoms with Gasteiger partial charge in [0, 0.05) is 37.9 Å². The molecule has 114 valence electrons. The van der Waals surface area contributed by atoms with Gasteiger partial charge in [-0.3, -0.25) is 0 Å². The maximum atomic E-state index is 10.5. The smallest absolute Gasteiger partial charge is 0.550 e. The molecule has 10 nitrogen and oxygen atoms in total. The van der Waals surface area contributed by atoms with Gasteiger partial charge in [-0.2, -0.15) is 0 Å². The molecule has 0 unspecified atom stereocenters. The van der Waals surface area contributed by atoms with E-state index in [0.29, 0.717) is 0 Å². The summed E-state index contributed by atoms with van der Waals surface area (Å²) in [5.74, 6) is -6.49. The van der Waals surface area contributed by atoms with Gasteiger partial charge in [-0.05, 0) is 0 Å². The van der Waals surface area contributed by atoms with E-state index >= 15 is 0 Å². The largest absolute Gasteiger partial charge is 1.00 e. The van der Waals surface area contributed by atoms with Crippen LogP contribution in [-0.2, 0) is 19.2 Å². The van der Waals surface area contributed by atoms with E-state index < -0.39 is 48.8 Å². The molecule has 0 aliphatic heterocycles. The number of hydrogen-bond acceptors (Lipinski definition) is 10. The standard InChI is InChI=1S/C10H16N2O8.4Na/c13-7(14)3-5(9(17)18)11-1-2-12-6(10(19)20)4-8(15)16;;;;/h5-6,11-12H,1-4H2,(H,13,14)(H,15,16)(H,17,18)(H,19,20);;;;/q;4*+1/p-4/t5-,6-;;;;/m0..../s1. The summed E-state index contributed by atoms with van der Waals surface area (Å²) in [6.07, 6.45) is -1.63. The predicted molar refractivity (Wildman–Crippen MR) is 52.8 cm³/mol. The van der Waals surface area contributed by atoms with Crippen molar-refractivity contribution in [3.8, 4) is 0 Å². The van der Waals surface area contributed by atoms with E-state index in [9.17, 15) is 39.6 Å². The molecule has 0 saturated heterocycles. The topological polar surface area (TPSA) is 185 Å². The molecule has 24 heavy (non-hydrogen) atoms. The van der Waals surface area contributed by atoms with E-state index in [1.165, 1.54) is 0 Å². The zero-order valence-electron chi connectivity index (χ0n) is 14.2. The zero-order chi connectivity index (χ0) is 15.7. The summed E-state index contributed by atoms with van der Waals surface area (Å²) in [7, 11) is 0. The Labute approximate surface area is 227 Å². The Bertz CT molecular complexity index is 363. The number of carboxylic acid groups (broad SMARTS) is 4. The number of rotatable bonds is 11. The molecular formula is C10H12N2Na4O8. The zero-order valence-corrected chi connectivity index (χ0v) is 22.2. The Morgan fingerprint density at radius 2 is 0.875 bits per heavy atom. The van der Waals surface area contributed by atoms with Crippen molar-refractivity contribution in [3.63, 3.8) is 0 Å². The van der Waals surface area contributed by atoms with E-state index in [-0.39, 0.29) is 131 Å². The van der Waals surface area contributed by atoms with Gasteiger partial charge < -0.3 is 50.2 Å². The summed E-state index contributed by atoms with van der Waals surface area (Å²) in [6, 6.07) is -2.99. The fraction of sp³-hybridized carbons (Fsp3) is 0.600. The third-order valence-electron chi connectivity index (χ3n) is 2.22. The molecule has 0 aliphatic rings. The van der Waals surface area contributed by atoms with Crippen molar-refractivity contribution >= 4 is 23.9 Å². The van der Waals surface area contributed by atoms with E-state index in [0.717, 1.165) is 0 Å². The number of carbonyl (C=O) groups excluding carboxylic acids is 4. The minimum Gasteiger partial charge on any atom is -0.550 e. The van der Waals surface area contributed by atoms with Crippen molar-refractivity contribution in [3.05, 3.63) is 0 Å². The first-order valence-corrected chi connectivity index (χ1v) is 5.52. The second kappa shape index (κ2) is 21.1. The molecule has 2 atom stereocenters. The summed E-state index contributed by atoms with van der Waals surface area (Å²) < 4.78 is 0. The van der Waals surface area contributed by atoms with E-state index in [4.69, 9.17) is 0 Å². The van der Waals surface area contributed by atoms with Gasteiger partial charge in [0.1, 0.15) is 0 Å². The van der Waals surface area contributed by atoms with Crippen LogP contribution in [0, 0.1) is 0 Å². The van der Waals surface area contributed by atoms with Crippen LogP contribution >= 0.6 is 0 Å². The van der Waals surface area contributed by atoms with Crippen LogP contribution in [0.4, 0.5) is 0 Å². The summed E-state index contributed by atoms with van der Waals surface area (Å²) in [6.45, 7) is -0.272. The van der Waals surface area contributed by atoms with E-state index in [1.807, 2.05) is 0 Å². The molecule has 0 radical (unpaired) electrons. The second-order valence-corrected chi connectivity index (χ2v) is 3.80. The van der Waals surface area contributed by atoms with Gasteiger partial charge in [0.25, 0.3) is 0 Å². The molecule has 0 aromatic heterocycles. The molecule has 0 fully saturated rings. The quantitative estimate of drug-likeness (QED) is 0.258. The first kappa shape index (κ1) is 36.7. The minimum absolute atomic E-state index is 0. The molecule has 2 N–H and O–H groups in total. The van der Waals surface area contributed by atoms with Crippen LogP contribution in [0.2, 0.25) is 0 Å². The predicted octanol–water partition coefficient (Wildman–Crippen LogP) is -19.3. The monoisotopic (exact) mass is 380 g/mol. The summed E-state index contributed by atoms with van der Waals surface area (Å²) in [5, 5.41) is 46.1. The summed E-state index contributed by atoms with van der Waals surface area (Å²) in [4.78, 5) is 41.6. The van der Waals surface area contributed by atoms with Crippen LogP contribution < -0.4 is 149 Å². The van der Waals surface area contributed by atoms with Gasteiger partial charge in [-0.1, -0.05) is 0 Å². The molecular weight excluding hydrogens is 368 g/mol. The third-order valence-corrected chi connectivity index (χ3v) is 2.22. The van der Waals surface area contributed by atoms with Crippen LogP contribution in [0.5, 0.6) is 0 Å². The van der Waals surface area contributed by atoms with Crippen molar-refractivity contribution in [1.82, 2.24) is 10.6 Å². The van der Waals surface area contributed by atoms with Crippen molar-refractivity contribution < 1.29 is 158 Å². The fourth-order valence-corrected chi connectivity index (χ4v) is 1.30. The van der Waals surface area contributed by atoms with Crippen molar-refractivity contribution in [2.24, 2.45) is 0 Å². The molecule has 0 aromatic rings. The molecule has 14 heteroatoms. The number of hydrogen-bond donors (Lipinski definition) is 2. The summed E-state index contributed by atoms with van der Waals surface area (Å²) >= 11 is 0. The molecule has 0 saturated carbocycles. The Balaban J connectivity index is -0.000000301. The third kappa shape index (κ3) is 20.1. The van der Waals surface area contributed by atoms with E-state index in [2.05, 4.69) is 10.6 Å². The number of aliphatic carboxylic acids is 4. The molecule has 0 bridgehead atoms. The molecule has 0 amide bonds. The van der Waals surface area contributed by atoms with Crippen LogP contribution in [0.25, 0.3) is 0 Å². The maximum Gasteiger partial charge on any atom is 1.00 e. The van der Waals surface area contributed by atoms with Crippen LogP contribution in [0.1, 0.15) is 12.8 Å². The Morgan fingerprint density at radius 3 is 1.04 bits per heavy atom. The average molecular weight is 380 g/mol. The molecule has 0 heterocycles. The van der Waals surface area contributed by atoms with Crippen LogP contribution in [0.3, 0.4) is 0 Å². The Hall–Kier alpha value is 1.80. The first-order chi connectivity index (χ1) is 9.23. The fourth-order valence-electron chi connectivity index (χ4n) is 1.30. The molecule has 0 aromatic carbocycles. The molecule has 0 spiro atoms. The van der Waals surface area contributed by atoms with E-state index in [1.54, 1.807) is 0 Å². The van der Waals surface area contributed by atoms with Gasteiger partial charge >= 0.3 is 118 Å². The van der Waals surface area contributed by atoms with Crippen molar-refractivity contribution in [1.29, 1.82) is 0 Å². The second-order valence-electron chi connectivity index (χ2n) is 3.80. The van der Waals surface area contributed by atoms with Gasteiger partial charge in [-0.25, -0.2) is 0 Å². The number of nitrogens with one attached hydrogen (secondary N) is 2. The molecule has 0 aliphatic carbocycles. The van der Waals surface area contributed by atoms with Crippen LogP contribution in [0.15, 0.2) is 0 Å². The van der Waals surface area contributed by atoms with Gasteiger partial charge in [0.15, 0.2) is 0 Å². The van der Waals surface area contributed by atoms with Gasteiger partial charge in [0.2, 0.25) is 0 Å². The minimum atomic E-state index is -1.65. The SMILES string of the molecule is O=C([O-])C[C@H](NCCN[C@@H](CC(=O)[O-])C(=O)[O-])C(=O)[O-].[Na+].[Na+].[Na+].[Na+]. The van der Waals surface area contributed by atoms with Crippen molar-refractivity contribution in [2.75, 3.05) is 13.1 Å². The Morgan fingerprint density at radius 1 is 0.625 bits per heavy atom. The first-order valence-electron chi connectivity index (χ1n) is 5.52. The van der Waals surface area contributed by atoms with Crippen LogP contribution in [-0.4, -0.2) is 49.1 Å². The van der Waals surface area contributed by atoms with Gasteiger partial charge in [0.05, 0.1) is 24.0 Å². The average Bonchev–Trinajstić information content (AvgIpc) is 2.29.